The quantitative estimate of drug-likeness (QED) is 0.331. The first kappa shape index (κ1) is 26.8. The Morgan fingerprint density at radius 3 is 2.76 bits per heavy atom. The van der Waals surface area contributed by atoms with E-state index in [2.05, 4.69) is 41.2 Å². The number of nitrogens with one attached hydrogen (secondary N) is 4. The summed E-state index contributed by atoms with van der Waals surface area (Å²) in [6.07, 6.45) is 10.5. The number of amides is 1. The standard InChI is InChI=1S/C28H33FN10O2/c1-16-10-23(38-37-16)35-22-11-21-26(32-15-31-21)25(36-22)18-6-8-28(41-3,9-7-18)27(40)34-17(2)19-4-5-24(30-12-19)39-14-20(29)13-33-39/h4-5,10-15,17-18,21,26H,6-9H2,1-3H3,(H,31,32)(H,34,40)(H2,35,37,38)/t17-,18?,21?,26?,28?/m0/s1. The molecule has 2 aliphatic heterocycles. The highest BCUT2D eigenvalue weighted by molar-refractivity contribution is 5.97. The monoisotopic (exact) mass is 560 g/mol. The molecule has 0 aromatic carbocycles. The molecule has 41 heavy (non-hydrogen) atoms. The molecule has 3 atom stereocenters. The Morgan fingerprint density at radius 2 is 2.10 bits per heavy atom. The number of aromatic nitrogens is 5. The molecular weight excluding hydrogens is 527 g/mol. The largest absolute Gasteiger partial charge is 0.368 e. The van der Waals surface area contributed by atoms with Crippen LogP contribution in [0.4, 0.5) is 10.2 Å². The van der Waals surface area contributed by atoms with Gasteiger partial charge in [0.15, 0.2) is 17.5 Å². The predicted molar refractivity (Wildman–Crippen MR) is 151 cm³/mol. The van der Waals surface area contributed by atoms with E-state index < -0.39 is 11.4 Å². The number of aromatic amines is 1. The van der Waals surface area contributed by atoms with Crippen LogP contribution in [0.1, 0.15) is 49.9 Å². The van der Waals surface area contributed by atoms with Crippen molar-refractivity contribution in [3.8, 4) is 5.82 Å². The van der Waals surface area contributed by atoms with E-state index in [4.69, 9.17) is 9.73 Å². The van der Waals surface area contributed by atoms with E-state index >= 15 is 0 Å². The summed E-state index contributed by atoms with van der Waals surface area (Å²) in [6.45, 7) is 3.85. The first-order valence-corrected chi connectivity index (χ1v) is 13.7. The lowest BCUT2D eigenvalue weighted by molar-refractivity contribution is -0.148. The van der Waals surface area contributed by atoms with Crippen LogP contribution >= 0.6 is 0 Å². The van der Waals surface area contributed by atoms with Gasteiger partial charge in [-0.15, -0.1) is 0 Å². The molecule has 6 rings (SSSR count). The molecule has 2 unspecified atom stereocenters. The van der Waals surface area contributed by atoms with Crippen molar-refractivity contribution in [2.45, 2.75) is 63.3 Å². The fourth-order valence-corrected chi connectivity index (χ4v) is 5.75. The minimum absolute atomic E-state index is 0.0237. The van der Waals surface area contributed by atoms with Crippen LogP contribution in [-0.2, 0) is 9.53 Å². The van der Waals surface area contributed by atoms with Gasteiger partial charge in [0.05, 0.1) is 36.5 Å². The van der Waals surface area contributed by atoms with E-state index in [0.29, 0.717) is 24.5 Å². The molecule has 1 aliphatic carbocycles. The molecule has 3 aliphatic rings. The van der Waals surface area contributed by atoms with Gasteiger partial charge in [0.25, 0.3) is 5.91 Å². The van der Waals surface area contributed by atoms with Gasteiger partial charge in [0.2, 0.25) is 0 Å². The number of hydrogen-bond acceptors (Lipinski definition) is 9. The molecule has 1 fully saturated rings. The summed E-state index contributed by atoms with van der Waals surface area (Å²) in [7, 11) is 1.60. The van der Waals surface area contributed by atoms with Gasteiger partial charge >= 0.3 is 0 Å². The minimum atomic E-state index is -0.931. The van der Waals surface area contributed by atoms with Gasteiger partial charge in [-0.1, -0.05) is 6.07 Å². The molecule has 5 heterocycles. The Morgan fingerprint density at radius 1 is 1.27 bits per heavy atom. The third-order valence-electron chi connectivity index (χ3n) is 8.11. The smallest absolute Gasteiger partial charge is 0.252 e. The number of fused-ring (bicyclic) bond motifs is 1. The molecule has 1 amide bonds. The minimum Gasteiger partial charge on any atom is -0.368 e. The van der Waals surface area contributed by atoms with Crippen molar-refractivity contribution in [1.29, 1.82) is 0 Å². The molecule has 13 heteroatoms. The third-order valence-corrected chi connectivity index (χ3v) is 8.11. The molecule has 3 aromatic rings. The second-order valence-electron chi connectivity index (χ2n) is 10.8. The highest BCUT2D eigenvalue weighted by Gasteiger charge is 2.45. The number of ether oxygens (including phenoxy) is 1. The number of methoxy groups -OCH3 is 1. The SMILES string of the molecule is COC1(C(=O)N[C@@H](C)c2ccc(-n3cc(F)cn3)nc2)CCC(C2=NC(Nc3cc(C)[nH]n3)=CC3NC=NC23)CC1. The molecular formula is C28H33FN10O2. The molecule has 0 spiro atoms. The zero-order valence-electron chi connectivity index (χ0n) is 23.1. The van der Waals surface area contributed by atoms with Gasteiger partial charge in [0, 0.05) is 25.1 Å². The first-order valence-electron chi connectivity index (χ1n) is 13.7. The van der Waals surface area contributed by atoms with E-state index in [0.717, 1.165) is 41.8 Å². The summed E-state index contributed by atoms with van der Waals surface area (Å²) < 4.78 is 20.6. The number of aliphatic imine (C=N–C) groups is 2. The van der Waals surface area contributed by atoms with E-state index in [9.17, 15) is 9.18 Å². The molecule has 0 radical (unpaired) electrons. The Balaban J connectivity index is 1.11. The van der Waals surface area contributed by atoms with Crippen molar-refractivity contribution >= 4 is 23.8 Å². The van der Waals surface area contributed by atoms with Gasteiger partial charge in [-0.25, -0.2) is 19.0 Å². The lowest BCUT2D eigenvalue weighted by Gasteiger charge is -2.40. The maximum Gasteiger partial charge on any atom is 0.252 e. The number of pyridine rings is 1. The van der Waals surface area contributed by atoms with Gasteiger partial charge in [0.1, 0.15) is 17.5 Å². The van der Waals surface area contributed by atoms with Crippen LogP contribution in [0.2, 0.25) is 0 Å². The lowest BCUT2D eigenvalue weighted by atomic mass is 9.74. The van der Waals surface area contributed by atoms with E-state index in [1.165, 1.54) is 10.9 Å². The fourth-order valence-electron chi connectivity index (χ4n) is 5.75. The van der Waals surface area contributed by atoms with Crippen LogP contribution in [0, 0.1) is 18.7 Å². The zero-order valence-corrected chi connectivity index (χ0v) is 23.1. The van der Waals surface area contributed by atoms with Crippen LogP contribution in [0.5, 0.6) is 0 Å². The van der Waals surface area contributed by atoms with E-state index in [1.54, 1.807) is 25.7 Å². The summed E-state index contributed by atoms with van der Waals surface area (Å²) in [4.78, 5) is 27.5. The Labute approximate surface area is 236 Å². The Bertz CT molecular complexity index is 1500. The molecule has 0 saturated heterocycles. The van der Waals surface area contributed by atoms with Gasteiger partial charge < -0.3 is 20.7 Å². The number of anilines is 1. The maximum absolute atomic E-state index is 13.5. The third kappa shape index (κ3) is 5.36. The number of rotatable bonds is 8. The molecule has 0 bridgehead atoms. The molecule has 4 N–H and O–H groups in total. The summed E-state index contributed by atoms with van der Waals surface area (Å²) >= 11 is 0. The van der Waals surface area contributed by atoms with Crippen molar-refractivity contribution < 1.29 is 13.9 Å². The van der Waals surface area contributed by atoms with Crippen LogP contribution < -0.4 is 16.0 Å². The maximum atomic E-state index is 13.5. The Kier molecular flexibility index (Phi) is 7.12. The van der Waals surface area contributed by atoms with Crippen LogP contribution in [-0.4, -0.2) is 67.7 Å². The second kappa shape index (κ2) is 10.9. The Hall–Kier alpha value is -4.39. The van der Waals surface area contributed by atoms with Gasteiger partial charge in [-0.05, 0) is 63.2 Å². The highest BCUT2D eigenvalue weighted by Crippen LogP contribution is 2.38. The summed E-state index contributed by atoms with van der Waals surface area (Å²) in [5.41, 5.74) is 1.86. The van der Waals surface area contributed by atoms with Gasteiger partial charge in [-0.2, -0.15) is 10.2 Å². The van der Waals surface area contributed by atoms with E-state index in [-0.39, 0.29) is 30.0 Å². The fraction of sp³-hybridized carbons (Fsp3) is 0.429. The van der Waals surface area contributed by atoms with Crippen LogP contribution in [0.25, 0.3) is 5.82 Å². The normalized spacial score (nSPS) is 26.0. The number of nitrogens with zero attached hydrogens (tertiary/aromatic N) is 6. The average Bonchev–Trinajstić information content (AvgIpc) is 3.74. The number of carbonyl (C=O) groups excluding carboxylic acids is 1. The van der Waals surface area contributed by atoms with Gasteiger partial charge in [-0.3, -0.25) is 14.9 Å². The molecule has 1 saturated carbocycles. The topological polar surface area (TPSA) is 146 Å². The predicted octanol–water partition coefficient (Wildman–Crippen LogP) is 2.97. The summed E-state index contributed by atoms with van der Waals surface area (Å²) in [5.74, 6) is 1.52. The molecule has 3 aromatic heterocycles. The lowest BCUT2D eigenvalue weighted by Crippen LogP contribution is -2.52. The number of halogens is 1. The van der Waals surface area contributed by atoms with Crippen molar-refractivity contribution in [3.05, 3.63) is 65.8 Å². The summed E-state index contributed by atoms with van der Waals surface area (Å²) in [5, 5.41) is 20.9. The van der Waals surface area contributed by atoms with Crippen molar-refractivity contribution in [2.75, 3.05) is 12.4 Å². The highest BCUT2D eigenvalue weighted by atomic mass is 19.1. The van der Waals surface area contributed by atoms with Crippen LogP contribution in [0.15, 0.2) is 58.7 Å². The molecule has 12 nitrogen and oxygen atoms in total. The number of hydrogen-bond donors (Lipinski definition) is 4. The van der Waals surface area contributed by atoms with Crippen molar-refractivity contribution in [1.82, 2.24) is 35.6 Å². The second-order valence-corrected chi connectivity index (χ2v) is 10.8. The first-order chi connectivity index (χ1) is 19.8. The van der Waals surface area contributed by atoms with Crippen molar-refractivity contribution in [3.63, 3.8) is 0 Å². The molecule has 214 valence electrons. The zero-order chi connectivity index (χ0) is 28.6. The number of H-pyrrole nitrogens is 1. The average molecular weight is 561 g/mol. The van der Waals surface area contributed by atoms with E-state index in [1.807, 2.05) is 32.1 Å². The number of aryl methyl sites for hydroxylation is 1. The van der Waals surface area contributed by atoms with Crippen molar-refractivity contribution in [2.24, 2.45) is 15.9 Å². The number of carbonyl (C=O) groups is 1. The van der Waals surface area contributed by atoms with Crippen LogP contribution in [0.3, 0.4) is 0 Å². The summed E-state index contributed by atoms with van der Waals surface area (Å²) in [6, 6.07) is 5.18.